The molecule has 0 saturated carbocycles. The predicted octanol–water partition coefficient (Wildman–Crippen LogP) is 3.55. The number of rotatable bonds is 8. The largest absolute Gasteiger partial charge is 0.494 e. The van der Waals surface area contributed by atoms with Crippen LogP contribution in [0, 0.1) is 0 Å². The lowest BCUT2D eigenvalue weighted by molar-refractivity contribution is 0.309. The van der Waals surface area contributed by atoms with Crippen LogP contribution in [-0.2, 0) is 13.1 Å². The molecule has 0 amide bonds. The molecule has 2 rings (SSSR count). The zero-order valence-corrected chi connectivity index (χ0v) is 12.0. The molecule has 0 saturated heterocycles. The highest BCUT2D eigenvalue weighted by molar-refractivity contribution is 5.27. The smallest absolute Gasteiger partial charge is 0.119 e. The average molecular weight is 270 g/mol. The van der Waals surface area contributed by atoms with Crippen LogP contribution in [0.25, 0.3) is 0 Å². The molecule has 3 nitrogen and oxygen atoms in total. The molecular weight excluding hydrogens is 248 g/mol. The first-order valence-corrected chi connectivity index (χ1v) is 7.20. The van der Waals surface area contributed by atoms with Gasteiger partial charge in [-0.15, -0.1) is 0 Å². The molecule has 0 unspecified atom stereocenters. The maximum absolute atomic E-state index is 5.65. The van der Waals surface area contributed by atoms with E-state index in [0.29, 0.717) is 0 Å². The van der Waals surface area contributed by atoms with Crippen LogP contribution in [-0.4, -0.2) is 11.6 Å². The van der Waals surface area contributed by atoms with Crippen LogP contribution in [0.3, 0.4) is 0 Å². The Hall–Kier alpha value is -1.87. The zero-order chi connectivity index (χ0) is 14.0. The Kier molecular flexibility index (Phi) is 6.06. The van der Waals surface area contributed by atoms with E-state index < -0.39 is 0 Å². The van der Waals surface area contributed by atoms with Crippen molar-refractivity contribution in [2.75, 3.05) is 6.61 Å². The van der Waals surface area contributed by atoms with E-state index in [4.69, 9.17) is 4.74 Å². The van der Waals surface area contributed by atoms with Crippen molar-refractivity contribution >= 4 is 0 Å². The Morgan fingerprint density at radius 1 is 1.05 bits per heavy atom. The van der Waals surface area contributed by atoms with E-state index in [1.54, 1.807) is 6.20 Å². The van der Waals surface area contributed by atoms with E-state index in [2.05, 4.69) is 35.4 Å². The van der Waals surface area contributed by atoms with Crippen molar-refractivity contribution in [2.45, 2.75) is 32.9 Å². The van der Waals surface area contributed by atoms with E-state index in [9.17, 15) is 0 Å². The Bertz CT molecular complexity index is 482. The summed E-state index contributed by atoms with van der Waals surface area (Å²) in [6.07, 6.45) is 5.95. The summed E-state index contributed by atoms with van der Waals surface area (Å²) in [5.74, 6) is 0.953. The van der Waals surface area contributed by atoms with E-state index in [1.807, 2.05) is 24.4 Å². The molecule has 20 heavy (non-hydrogen) atoms. The van der Waals surface area contributed by atoms with Gasteiger partial charge in [0.05, 0.1) is 6.61 Å². The molecule has 0 aliphatic carbocycles. The highest BCUT2D eigenvalue weighted by Crippen LogP contribution is 2.12. The number of pyridine rings is 1. The van der Waals surface area contributed by atoms with Crippen molar-refractivity contribution in [3.8, 4) is 5.75 Å². The molecule has 1 heterocycles. The summed E-state index contributed by atoms with van der Waals surface area (Å²) in [6.45, 7) is 4.65. The first-order chi connectivity index (χ1) is 9.88. The molecule has 0 aliphatic heterocycles. The summed E-state index contributed by atoms with van der Waals surface area (Å²) in [6, 6.07) is 12.3. The van der Waals surface area contributed by atoms with Crippen molar-refractivity contribution < 1.29 is 4.74 Å². The second kappa shape index (κ2) is 8.33. The first kappa shape index (κ1) is 14.5. The molecule has 1 aromatic heterocycles. The lowest BCUT2D eigenvalue weighted by Gasteiger charge is -2.07. The molecule has 1 N–H and O–H groups in total. The second-order valence-corrected chi connectivity index (χ2v) is 4.81. The Morgan fingerprint density at radius 2 is 1.85 bits per heavy atom. The number of nitrogens with zero attached hydrogens (tertiary/aromatic N) is 1. The number of hydrogen-bond donors (Lipinski definition) is 1. The summed E-state index contributed by atoms with van der Waals surface area (Å²) >= 11 is 0. The minimum absolute atomic E-state index is 0.801. The van der Waals surface area contributed by atoms with Crippen molar-refractivity contribution in [2.24, 2.45) is 0 Å². The van der Waals surface area contributed by atoms with Gasteiger partial charge in [-0.1, -0.05) is 31.5 Å². The molecule has 1 aromatic carbocycles. The highest BCUT2D eigenvalue weighted by atomic mass is 16.5. The summed E-state index contributed by atoms with van der Waals surface area (Å²) in [5.41, 5.74) is 2.46. The van der Waals surface area contributed by atoms with Gasteiger partial charge in [-0.2, -0.15) is 0 Å². The van der Waals surface area contributed by atoms with Gasteiger partial charge in [0, 0.05) is 25.5 Å². The van der Waals surface area contributed by atoms with Crippen LogP contribution < -0.4 is 10.1 Å². The number of benzene rings is 1. The molecule has 0 aliphatic rings. The van der Waals surface area contributed by atoms with Crippen LogP contribution >= 0.6 is 0 Å². The molecule has 2 aromatic rings. The Balaban J connectivity index is 1.73. The monoisotopic (exact) mass is 270 g/mol. The summed E-state index contributed by atoms with van der Waals surface area (Å²) in [5, 5.41) is 3.41. The number of aromatic nitrogens is 1. The van der Waals surface area contributed by atoms with Gasteiger partial charge in [0.15, 0.2) is 0 Å². The quantitative estimate of drug-likeness (QED) is 0.745. The van der Waals surface area contributed by atoms with Crippen LogP contribution in [0.1, 0.15) is 30.9 Å². The zero-order valence-electron chi connectivity index (χ0n) is 12.0. The maximum Gasteiger partial charge on any atom is 0.119 e. The van der Waals surface area contributed by atoms with Gasteiger partial charge >= 0.3 is 0 Å². The van der Waals surface area contributed by atoms with E-state index in [1.165, 1.54) is 11.1 Å². The van der Waals surface area contributed by atoms with Crippen molar-refractivity contribution in [3.63, 3.8) is 0 Å². The SMILES string of the molecule is CCCCOc1ccc(CNCc2cccnc2)cc1. The standard InChI is InChI=1S/C17H22N2O/c1-2-3-11-20-17-8-6-15(7-9-17)12-19-14-16-5-4-10-18-13-16/h4-10,13,19H,2-3,11-12,14H2,1H3. The molecule has 0 bridgehead atoms. The molecule has 0 atom stereocenters. The number of hydrogen-bond acceptors (Lipinski definition) is 3. The third kappa shape index (κ3) is 5.02. The number of nitrogens with one attached hydrogen (secondary N) is 1. The normalized spacial score (nSPS) is 10.4. The van der Waals surface area contributed by atoms with Crippen LogP contribution in [0.2, 0.25) is 0 Å². The van der Waals surface area contributed by atoms with E-state index in [0.717, 1.165) is 38.3 Å². The Morgan fingerprint density at radius 3 is 2.55 bits per heavy atom. The number of ether oxygens (including phenoxy) is 1. The van der Waals surface area contributed by atoms with Gasteiger partial charge in [0.1, 0.15) is 5.75 Å². The summed E-state index contributed by atoms with van der Waals surface area (Å²) in [7, 11) is 0. The van der Waals surface area contributed by atoms with Gasteiger partial charge in [-0.3, -0.25) is 4.98 Å². The van der Waals surface area contributed by atoms with Gasteiger partial charge in [0.25, 0.3) is 0 Å². The first-order valence-electron chi connectivity index (χ1n) is 7.20. The third-order valence-electron chi connectivity index (χ3n) is 3.07. The summed E-state index contributed by atoms with van der Waals surface area (Å²) in [4.78, 5) is 4.10. The third-order valence-corrected chi connectivity index (χ3v) is 3.07. The average Bonchev–Trinajstić information content (AvgIpc) is 2.50. The van der Waals surface area contributed by atoms with E-state index >= 15 is 0 Å². The van der Waals surface area contributed by atoms with Gasteiger partial charge in [-0.25, -0.2) is 0 Å². The maximum atomic E-state index is 5.65. The molecule has 0 fully saturated rings. The van der Waals surface area contributed by atoms with Crippen molar-refractivity contribution in [3.05, 3.63) is 59.9 Å². The van der Waals surface area contributed by atoms with Crippen molar-refractivity contribution in [1.29, 1.82) is 0 Å². The molecule has 0 spiro atoms. The van der Waals surface area contributed by atoms with Crippen LogP contribution in [0.4, 0.5) is 0 Å². The highest BCUT2D eigenvalue weighted by Gasteiger charge is 1.96. The lowest BCUT2D eigenvalue weighted by Crippen LogP contribution is -2.12. The molecular formula is C17H22N2O. The van der Waals surface area contributed by atoms with Gasteiger partial charge < -0.3 is 10.1 Å². The van der Waals surface area contributed by atoms with Gasteiger partial charge in [0.2, 0.25) is 0 Å². The minimum Gasteiger partial charge on any atom is -0.494 e. The lowest BCUT2D eigenvalue weighted by atomic mass is 10.2. The van der Waals surface area contributed by atoms with Gasteiger partial charge in [-0.05, 0) is 35.7 Å². The second-order valence-electron chi connectivity index (χ2n) is 4.81. The minimum atomic E-state index is 0.801. The molecule has 3 heteroatoms. The topological polar surface area (TPSA) is 34.1 Å². The van der Waals surface area contributed by atoms with E-state index in [-0.39, 0.29) is 0 Å². The molecule has 106 valence electrons. The predicted molar refractivity (Wildman–Crippen MR) is 81.6 cm³/mol. The van der Waals surface area contributed by atoms with Crippen LogP contribution in [0.5, 0.6) is 5.75 Å². The molecule has 0 radical (unpaired) electrons. The van der Waals surface area contributed by atoms with Crippen molar-refractivity contribution in [1.82, 2.24) is 10.3 Å². The fraction of sp³-hybridized carbons (Fsp3) is 0.353. The number of unbranched alkanes of at least 4 members (excludes halogenated alkanes) is 1. The fourth-order valence-corrected chi connectivity index (χ4v) is 1.89. The summed E-state index contributed by atoms with van der Waals surface area (Å²) < 4.78 is 5.65. The Labute approximate surface area is 121 Å². The fourth-order valence-electron chi connectivity index (χ4n) is 1.89. The van der Waals surface area contributed by atoms with Crippen LogP contribution in [0.15, 0.2) is 48.8 Å².